The van der Waals surface area contributed by atoms with E-state index >= 15 is 0 Å². The molecule has 1 amide bonds. The Morgan fingerprint density at radius 3 is 3.33 bits per heavy atom. The summed E-state index contributed by atoms with van der Waals surface area (Å²) in [7, 11) is 0. The molecule has 0 bridgehead atoms. The Kier molecular flexibility index (Phi) is 3.31. The highest BCUT2D eigenvalue weighted by Gasteiger charge is 2.15. The van der Waals surface area contributed by atoms with E-state index in [2.05, 4.69) is 20.6 Å². The second-order valence-corrected chi connectivity index (χ2v) is 3.37. The number of hydrogen-bond donors (Lipinski definition) is 3. The summed E-state index contributed by atoms with van der Waals surface area (Å²) in [6, 6.07) is 0. The highest BCUT2D eigenvalue weighted by molar-refractivity contribution is 5.91. The van der Waals surface area contributed by atoms with Crippen LogP contribution in [0.2, 0.25) is 0 Å². The Hall–Kier alpha value is -1.40. The molecule has 2 heterocycles. The molecule has 0 saturated carbocycles. The van der Waals surface area contributed by atoms with Crippen LogP contribution in [-0.2, 0) is 4.74 Å². The molecule has 0 spiro atoms. The molecule has 0 aromatic carbocycles. The van der Waals surface area contributed by atoms with Crippen LogP contribution in [0.25, 0.3) is 0 Å². The molecular weight excluding hydrogens is 196 g/mol. The Morgan fingerprint density at radius 1 is 1.73 bits per heavy atom. The number of H-pyrrole nitrogens is 1. The molecule has 15 heavy (non-hydrogen) atoms. The first kappa shape index (κ1) is 10.1. The van der Waals surface area contributed by atoms with Gasteiger partial charge in [0, 0.05) is 19.6 Å². The van der Waals surface area contributed by atoms with Crippen molar-refractivity contribution in [2.24, 2.45) is 0 Å². The molecule has 0 radical (unpaired) electrons. The molecular formula is C9H14N4O2. The molecule has 1 aromatic heterocycles. The van der Waals surface area contributed by atoms with Crippen LogP contribution in [0.5, 0.6) is 0 Å². The normalized spacial score (nSPS) is 21.2. The van der Waals surface area contributed by atoms with E-state index in [1.54, 1.807) is 0 Å². The van der Waals surface area contributed by atoms with Gasteiger partial charge in [0.2, 0.25) is 0 Å². The summed E-state index contributed by atoms with van der Waals surface area (Å²) in [5, 5.41) is 5.98. The average Bonchev–Trinajstić information content (AvgIpc) is 2.81. The van der Waals surface area contributed by atoms with E-state index in [1.807, 2.05) is 0 Å². The largest absolute Gasteiger partial charge is 0.374 e. The van der Waals surface area contributed by atoms with Crippen LogP contribution >= 0.6 is 0 Å². The third-order valence-electron chi connectivity index (χ3n) is 2.24. The predicted molar refractivity (Wildman–Crippen MR) is 53.5 cm³/mol. The van der Waals surface area contributed by atoms with Crippen molar-refractivity contribution in [2.45, 2.75) is 6.10 Å². The second kappa shape index (κ2) is 4.90. The van der Waals surface area contributed by atoms with Crippen molar-refractivity contribution < 1.29 is 9.53 Å². The zero-order valence-corrected chi connectivity index (χ0v) is 8.32. The van der Waals surface area contributed by atoms with Crippen molar-refractivity contribution in [3.05, 3.63) is 18.2 Å². The van der Waals surface area contributed by atoms with Crippen molar-refractivity contribution >= 4 is 5.91 Å². The fourth-order valence-electron chi connectivity index (χ4n) is 1.43. The fourth-order valence-corrected chi connectivity index (χ4v) is 1.43. The number of morpholine rings is 1. The smallest absolute Gasteiger partial charge is 0.269 e. The number of ether oxygens (including phenoxy) is 1. The van der Waals surface area contributed by atoms with Gasteiger partial charge in [-0.3, -0.25) is 4.79 Å². The predicted octanol–water partition coefficient (Wildman–Crippen LogP) is -0.872. The molecule has 1 atom stereocenters. The lowest BCUT2D eigenvalue weighted by Crippen LogP contribution is -2.45. The maximum Gasteiger partial charge on any atom is 0.269 e. The first-order valence-electron chi connectivity index (χ1n) is 4.95. The lowest BCUT2D eigenvalue weighted by atomic mass is 10.3. The Labute approximate surface area is 87.4 Å². The van der Waals surface area contributed by atoms with Crippen molar-refractivity contribution in [3.8, 4) is 0 Å². The number of rotatable bonds is 3. The third-order valence-corrected chi connectivity index (χ3v) is 2.24. The van der Waals surface area contributed by atoms with Crippen molar-refractivity contribution in [3.63, 3.8) is 0 Å². The van der Waals surface area contributed by atoms with Crippen molar-refractivity contribution in [2.75, 3.05) is 26.2 Å². The van der Waals surface area contributed by atoms with E-state index in [0.717, 1.165) is 13.1 Å². The first-order chi connectivity index (χ1) is 7.36. The van der Waals surface area contributed by atoms with E-state index in [1.165, 1.54) is 12.5 Å². The standard InChI is InChI=1S/C9H14N4O2/c14-9(8-5-11-6-13-8)12-4-7-3-10-1-2-15-7/h5-7,10H,1-4H2,(H,11,13)(H,12,14). The van der Waals surface area contributed by atoms with Crippen LogP contribution < -0.4 is 10.6 Å². The van der Waals surface area contributed by atoms with Gasteiger partial charge in [0.1, 0.15) is 5.69 Å². The number of aromatic nitrogens is 2. The number of nitrogens with zero attached hydrogens (tertiary/aromatic N) is 1. The van der Waals surface area contributed by atoms with Crippen LogP contribution in [0, 0.1) is 0 Å². The summed E-state index contributed by atoms with van der Waals surface area (Å²) in [5.74, 6) is -0.151. The van der Waals surface area contributed by atoms with Crippen molar-refractivity contribution in [1.29, 1.82) is 0 Å². The van der Waals surface area contributed by atoms with Crippen LogP contribution in [0.15, 0.2) is 12.5 Å². The van der Waals surface area contributed by atoms with E-state index < -0.39 is 0 Å². The van der Waals surface area contributed by atoms with Gasteiger partial charge in [-0.25, -0.2) is 4.98 Å². The van der Waals surface area contributed by atoms with Crippen LogP contribution in [-0.4, -0.2) is 48.2 Å². The second-order valence-electron chi connectivity index (χ2n) is 3.37. The van der Waals surface area contributed by atoms with Crippen molar-refractivity contribution in [1.82, 2.24) is 20.6 Å². The molecule has 6 nitrogen and oxygen atoms in total. The van der Waals surface area contributed by atoms with Gasteiger partial charge in [0.15, 0.2) is 0 Å². The summed E-state index contributed by atoms with van der Waals surface area (Å²) in [5.41, 5.74) is 0.471. The molecule has 2 rings (SSSR count). The van der Waals surface area contributed by atoms with Gasteiger partial charge in [0.05, 0.1) is 25.2 Å². The lowest BCUT2D eigenvalue weighted by molar-refractivity contribution is 0.0287. The van der Waals surface area contributed by atoms with E-state index in [-0.39, 0.29) is 12.0 Å². The van der Waals surface area contributed by atoms with E-state index in [9.17, 15) is 4.79 Å². The summed E-state index contributed by atoms with van der Waals surface area (Å²) >= 11 is 0. The molecule has 3 N–H and O–H groups in total. The van der Waals surface area contributed by atoms with E-state index in [4.69, 9.17) is 4.74 Å². The van der Waals surface area contributed by atoms with Gasteiger partial charge >= 0.3 is 0 Å². The number of carbonyl (C=O) groups excluding carboxylic acids is 1. The molecule has 0 aliphatic carbocycles. The maximum absolute atomic E-state index is 11.5. The highest BCUT2D eigenvalue weighted by Crippen LogP contribution is 1.95. The summed E-state index contributed by atoms with van der Waals surface area (Å²) in [6.07, 6.45) is 3.04. The SMILES string of the molecule is O=C(NCC1CNCCO1)c1cnc[nH]1. The maximum atomic E-state index is 11.5. The molecule has 82 valence electrons. The summed E-state index contributed by atoms with van der Waals surface area (Å²) < 4.78 is 5.44. The highest BCUT2D eigenvalue weighted by atomic mass is 16.5. The minimum atomic E-state index is -0.151. The zero-order chi connectivity index (χ0) is 10.5. The number of nitrogens with one attached hydrogen (secondary N) is 3. The van der Waals surface area contributed by atoms with Crippen LogP contribution in [0.4, 0.5) is 0 Å². The van der Waals surface area contributed by atoms with Gasteiger partial charge in [0.25, 0.3) is 5.91 Å². The van der Waals surface area contributed by atoms with Crippen LogP contribution in [0.3, 0.4) is 0 Å². The number of imidazole rings is 1. The quantitative estimate of drug-likeness (QED) is 0.606. The summed E-state index contributed by atoms with van der Waals surface area (Å²) in [4.78, 5) is 18.0. The lowest BCUT2D eigenvalue weighted by Gasteiger charge is -2.23. The van der Waals surface area contributed by atoms with E-state index in [0.29, 0.717) is 18.8 Å². The molecule has 1 aliphatic rings. The molecule has 6 heteroatoms. The zero-order valence-electron chi connectivity index (χ0n) is 8.32. The van der Waals surface area contributed by atoms with Gasteiger partial charge in [-0.1, -0.05) is 0 Å². The summed E-state index contributed by atoms with van der Waals surface area (Å²) in [6.45, 7) is 2.88. The molecule has 1 fully saturated rings. The van der Waals surface area contributed by atoms with Gasteiger partial charge < -0.3 is 20.4 Å². The Bertz CT molecular complexity index is 306. The molecule has 1 unspecified atom stereocenters. The van der Waals surface area contributed by atoms with Crippen LogP contribution in [0.1, 0.15) is 10.5 Å². The minimum Gasteiger partial charge on any atom is -0.374 e. The molecule has 1 saturated heterocycles. The fraction of sp³-hybridized carbons (Fsp3) is 0.556. The third kappa shape index (κ3) is 2.77. The Morgan fingerprint density at radius 2 is 2.67 bits per heavy atom. The first-order valence-corrected chi connectivity index (χ1v) is 4.95. The number of aromatic amines is 1. The van der Waals surface area contributed by atoms with Gasteiger partial charge in [-0.05, 0) is 0 Å². The number of carbonyl (C=O) groups is 1. The minimum absolute atomic E-state index is 0.0608. The topological polar surface area (TPSA) is 79.0 Å². The van der Waals surface area contributed by atoms with Gasteiger partial charge in [-0.15, -0.1) is 0 Å². The number of amides is 1. The number of hydrogen-bond acceptors (Lipinski definition) is 4. The Balaban J connectivity index is 1.75. The average molecular weight is 210 g/mol. The van der Waals surface area contributed by atoms with Gasteiger partial charge in [-0.2, -0.15) is 0 Å². The molecule has 1 aliphatic heterocycles. The molecule has 1 aromatic rings. The monoisotopic (exact) mass is 210 g/mol.